The predicted octanol–water partition coefficient (Wildman–Crippen LogP) is 4.16. The Kier molecular flexibility index (Phi) is 6.07. The fraction of sp³-hybridized carbons (Fsp3) is 0.370. The van der Waals surface area contributed by atoms with E-state index in [-0.39, 0.29) is 12.0 Å². The molecule has 3 aromatic heterocycles. The van der Waals surface area contributed by atoms with E-state index in [9.17, 15) is 4.79 Å². The number of H-pyrrole nitrogens is 1. The molecule has 1 aliphatic carbocycles. The molecular formula is C27H29N7O3. The van der Waals surface area contributed by atoms with Gasteiger partial charge in [-0.25, -0.2) is 4.98 Å². The van der Waals surface area contributed by atoms with Crippen molar-refractivity contribution in [1.82, 2.24) is 30.0 Å². The standard InChI is InChI=1S/C27H29N7O3/c1-3-22(35)33-12-14-34(15-13-33)25-19-10-11-28-26(23(19)30-27(31-25)36-18-6-4-5-7-18)37-24-17(2)8-9-21-20(24)16-29-32-21/h3,8-11,16,18H,1,4-7,12-15H2,2H3,(H,29,32). The van der Waals surface area contributed by atoms with E-state index in [1.807, 2.05) is 25.1 Å². The Bertz CT molecular complexity index is 1470. The molecule has 1 N–H and O–H groups in total. The predicted molar refractivity (Wildman–Crippen MR) is 140 cm³/mol. The number of carbonyl (C=O) groups is 1. The molecule has 4 heterocycles. The van der Waals surface area contributed by atoms with E-state index in [1.165, 1.54) is 6.08 Å². The van der Waals surface area contributed by atoms with Crippen molar-refractivity contribution in [1.29, 1.82) is 0 Å². The van der Waals surface area contributed by atoms with Gasteiger partial charge in [-0.1, -0.05) is 12.6 Å². The number of benzene rings is 1. The van der Waals surface area contributed by atoms with Crippen LogP contribution in [0.15, 0.2) is 43.2 Å². The molecule has 2 fully saturated rings. The highest BCUT2D eigenvalue weighted by molar-refractivity contribution is 5.94. The first kappa shape index (κ1) is 23.2. The molecule has 1 aromatic carbocycles. The number of piperazine rings is 1. The number of aryl methyl sites for hydroxylation is 1. The second kappa shape index (κ2) is 9.68. The minimum absolute atomic E-state index is 0.0545. The number of aromatic amines is 1. The van der Waals surface area contributed by atoms with Crippen molar-refractivity contribution in [2.24, 2.45) is 0 Å². The first-order chi connectivity index (χ1) is 18.1. The summed E-state index contributed by atoms with van der Waals surface area (Å²) in [6, 6.07) is 6.20. The van der Waals surface area contributed by atoms with E-state index in [0.29, 0.717) is 49.3 Å². The van der Waals surface area contributed by atoms with Gasteiger partial charge < -0.3 is 19.3 Å². The Labute approximate surface area is 214 Å². The van der Waals surface area contributed by atoms with Gasteiger partial charge in [0.05, 0.1) is 22.5 Å². The second-order valence-electron chi connectivity index (χ2n) is 9.53. The summed E-state index contributed by atoms with van der Waals surface area (Å²) in [6.45, 7) is 8.06. The minimum Gasteiger partial charge on any atom is -0.460 e. The zero-order valence-electron chi connectivity index (χ0n) is 20.8. The zero-order valence-corrected chi connectivity index (χ0v) is 20.8. The monoisotopic (exact) mass is 499 g/mol. The lowest BCUT2D eigenvalue weighted by Gasteiger charge is -2.35. The first-order valence-electron chi connectivity index (χ1n) is 12.7. The largest absolute Gasteiger partial charge is 0.460 e. The lowest BCUT2D eigenvalue weighted by molar-refractivity contribution is -0.126. The quantitative estimate of drug-likeness (QED) is 0.394. The molecule has 10 nitrogen and oxygen atoms in total. The smallest absolute Gasteiger partial charge is 0.319 e. The lowest BCUT2D eigenvalue weighted by Crippen LogP contribution is -2.48. The van der Waals surface area contributed by atoms with Crippen molar-refractivity contribution in [3.05, 3.63) is 48.8 Å². The van der Waals surface area contributed by atoms with Crippen LogP contribution in [-0.4, -0.2) is 68.2 Å². The maximum atomic E-state index is 12.1. The maximum absolute atomic E-state index is 12.1. The van der Waals surface area contributed by atoms with E-state index in [1.54, 1.807) is 17.3 Å². The van der Waals surface area contributed by atoms with Crippen molar-refractivity contribution in [3.63, 3.8) is 0 Å². The Morgan fingerprint density at radius 1 is 1.11 bits per heavy atom. The molecule has 0 bridgehead atoms. The van der Waals surface area contributed by atoms with Crippen LogP contribution in [-0.2, 0) is 4.79 Å². The van der Waals surface area contributed by atoms with Crippen LogP contribution in [0.4, 0.5) is 5.82 Å². The van der Waals surface area contributed by atoms with Crippen LogP contribution in [0.3, 0.4) is 0 Å². The molecule has 190 valence electrons. The number of fused-ring (bicyclic) bond motifs is 2. The van der Waals surface area contributed by atoms with Crippen LogP contribution in [0.1, 0.15) is 31.2 Å². The number of aromatic nitrogens is 5. The van der Waals surface area contributed by atoms with Gasteiger partial charge in [-0.05, 0) is 56.4 Å². The fourth-order valence-corrected chi connectivity index (χ4v) is 5.12. The number of anilines is 1. The van der Waals surface area contributed by atoms with Crippen LogP contribution in [0.25, 0.3) is 21.8 Å². The summed E-state index contributed by atoms with van der Waals surface area (Å²) in [7, 11) is 0. The van der Waals surface area contributed by atoms with Crippen LogP contribution in [0.2, 0.25) is 0 Å². The van der Waals surface area contributed by atoms with E-state index in [0.717, 1.165) is 53.4 Å². The summed E-state index contributed by atoms with van der Waals surface area (Å²) >= 11 is 0. The molecule has 1 saturated heterocycles. The van der Waals surface area contributed by atoms with Crippen molar-refractivity contribution < 1.29 is 14.3 Å². The van der Waals surface area contributed by atoms with Gasteiger partial charge in [0.25, 0.3) is 0 Å². The van der Waals surface area contributed by atoms with Gasteiger partial charge in [0.1, 0.15) is 23.2 Å². The third kappa shape index (κ3) is 4.43. The number of amides is 1. The lowest BCUT2D eigenvalue weighted by atomic mass is 10.1. The normalized spacial score (nSPS) is 16.5. The minimum atomic E-state index is -0.0545. The van der Waals surface area contributed by atoms with E-state index < -0.39 is 0 Å². The van der Waals surface area contributed by atoms with Gasteiger partial charge in [-0.3, -0.25) is 9.89 Å². The number of rotatable bonds is 6. The Morgan fingerprint density at radius 3 is 2.70 bits per heavy atom. The molecule has 0 spiro atoms. The molecule has 1 saturated carbocycles. The summed E-state index contributed by atoms with van der Waals surface area (Å²) in [5.41, 5.74) is 2.44. The molecule has 0 unspecified atom stereocenters. The maximum Gasteiger partial charge on any atom is 0.319 e. The summed E-state index contributed by atoms with van der Waals surface area (Å²) in [5.74, 6) is 1.77. The number of hydrogen-bond acceptors (Lipinski definition) is 8. The molecular weight excluding hydrogens is 470 g/mol. The molecule has 4 aromatic rings. The molecule has 6 rings (SSSR count). The Hall–Kier alpha value is -4.21. The SMILES string of the molecule is C=CC(=O)N1CCN(c2nc(OC3CCCC3)nc3c(Oc4c(C)ccc5[nH]ncc45)nccc23)CC1. The summed E-state index contributed by atoms with van der Waals surface area (Å²) in [5, 5.41) is 8.85. The molecule has 1 amide bonds. The number of hydrogen-bond donors (Lipinski definition) is 1. The average Bonchev–Trinajstić information content (AvgIpc) is 3.62. The van der Waals surface area contributed by atoms with Gasteiger partial charge in [0.15, 0.2) is 0 Å². The van der Waals surface area contributed by atoms with Gasteiger partial charge in [0.2, 0.25) is 11.8 Å². The zero-order chi connectivity index (χ0) is 25.4. The van der Waals surface area contributed by atoms with Gasteiger partial charge >= 0.3 is 6.01 Å². The third-order valence-electron chi connectivity index (χ3n) is 7.15. The Balaban J connectivity index is 1.41. The topological polar surface area (TPSA) is 109 Å². The summed E-state index contributed by atoms with van der Waals surface area (Å²) in [6.07, 6.45) is 9.22. The molecule has 0 radical (unpaired) electrons. The second-order valence-corrected chi connectivity index (χ2v) is 9.53. The number of carbonyl (C=O) groups excluding carboxylic acids is 1. The van der Waals surface area contributed by atoms with Gasteiger partial charge in [-0.15, -0.1) is 0 Å². The van der Waals surface area contributed by atoms with E-state index >= 15 is 0 Å². The molecule has 0 atom stereocenters. The number of nitrogens with one attached hydrogen (secondary N) is 1. The third-order valence-corrected chi connectivity index (χ3v) is 7.15. The highest BCUT2D eigenvalue weighted by Crippen LogP contribution is 2.37. The van der Waals surface area contributed by atoms with Gasteiger partial charge in [-0.2, -0.15) is 15.1 Å². The van der Waals surface area contributed by atoms with E-state index in [2.05, 4.69) is 26.7 Å². The van der Waals surface area contributed by atoms with E-state index in [4.69, 9.17) is 19.4 Å². The average molecular weight is 500 g/mol. The number of pyridine rings is 1. The number of nitrogens with zero attached hydrogens (tertiary/aromatic N) is 6. The molecule has 37 heavy (non-hydrogen) atoms. The Morgan fingerprint density at radius 2 is 1.92 bits per heavy atom. The fourth-order valence-electron chi connectivity index (χ4n) is 5.12. The van der Waals surface area contributed by atoms with Crippen LogP contribution in [0, 0.1) is 6.92 Å². The molecule has 1 aliphatic heterocycles. The van der Waals surface area contributed by atoms with Crippen molar-refractivity contribution in [2.45, 2.75) is 38.7 Å². The molecule has 2 aliphatic rings. The molecule has 10 heteroatoms. The highest BCUT2D eigenvalue weighted by atomic mass is 16.5. The van der Waals surface area contributed by atoms with Crippen molar-refractivity contribution >= 4 is 33.5 Å². The van der Waals surface area contributed by atoms with Crippen LogP contribution < -0.4 is 14.4 Å². The van der Waals surface area contributed by atoms with Crippen molar-refractivity contribution in [3.8, 4) is 17.6 Å². The van der Waals surface area contributed by atoms with Gasteiger partial charge in [0, 0.05) is 32.4 Å². The summed E-state index contributed by atoms with van der Waals surface area (Å²) in [4.78, 5) is 30.3. The first-order valence-corrected chi connectivity index (χ1v) is 12.7. The van der Waals surface area contributed by atoms with Crippen molar-refractivity contribution in [2.75, 3.05) is 31.1 Å². The van der Waals surface area contributed by atoms with Crippen LogP contribution in [0.5, 0.6) is 17.6 Å². The number of ether oxygens (including phenoxy) is 2. The summed E-state index contributed by atoms with van der Waals surface area (Å²) < 4.78 is 12.7. The highest BCUT2D eigenvalue weighted by Gasteiger charge is 2.26. The van der Waals surface area contributed by atoms with Crippen LogP contribution >= 0.6 is 0 Å².